The second-order valence-electron chi connectivity index (χ2n) is 5.63. The van der Waals surface area contributed by atoms with Crippen LogP contribution < -0.4 is 5.32 Å². The Balaban J connectivity index is 1.68. The number of likely N-dealkylation sites (N-methyl/N-ethyl adjacent to an activating group) is 1. The highest BCUT2D eigenvalue weighted by Crippen LogP contribution is 2.31. The van der Waals surface area contributed by atoms with Gasteiger partial charge in [0.2, 0.25) is 0 Å². The van der Waals surface area contributed by atoms with Crippen LogP contribution in [0.3, 0.4) is 0 Å². The molecule has 0 amide bonds. The Morgan fingerprint density at radius 2 is 2.17 bits per heavy atom. The van der Waals surface area contributed by atoms with Gasteiger partial charge >= 0.3 is 0 Å². The Bertz CT molecular complexity index is 742. The van der Waals surface area contributed by atoms with Crippen LogP contribution in [-0.2, 0) is 13.1 Å². The zero-order valence-electron chi connectivity index (χ0n) is 13.6. The van der Waals surface area contributed by atoms with Gasteiger partial charge in [-0.05, 0) is 38.5 Å². The van der Waals surface area contributed by atoms with Crippen molar-refractivity contribution in [2.75, 3.05) is 26.0 Å². The van der Waals surface area contributed by atoms with Crippen molar-refractivity contribution in [3.8, 4) is 10.6 Å². The summed E-state index contributed by atoms with van der Waals surface area (Å²) in [6.45, 7) is 4.74. The van der Waals surface area contributed by atoms with E-state index in [4.69, 9.17) is 0 Å². The maximum Gasteiger partial charge on any atom is 0.183 e. The number of thiazole rings is 1. The van der Waals surface area contributed by atoms with Crippen LogP contribution in [-0.4, -0.2) is 40.3 Å². The number of hydrogen-bond acceptors (Lipinski definition) is 6. The first-order valence-electron chi connectivity index (χ1n) is 7.54. The molecule has 0 saturated carbocycles. The van der Waals surface area contributed by atoms with Crippen LogP contribution in [0.2, 0.25) is 0 Å². The molecule has 0 unspecified atom stereocenters. The van der Waals surface area contributed by atoms with Crippen LogP contribution in [0.4, 0.5) is 5.13 Å². The first-order valence-corrected chi connectivity index (χ1v) is 9.23. The number of anilines is 1. The summed E-state index contributed by atoms with van der Waals surface area (Å²) >= 11 is 3.42. The van der Waals surface area contributed by atoms with Crippen molar-refractivity contribution in [3.05, 3.63) is 40.3 Å². The van der Waals surface area contributed by atoms with Gasteiger partial charge in [0.15, 0.2) is 5.13 Å². The van der Waals surface area contributed by atoms with Gasteiger partial charge in [0, 0.05) is 17.6 Å². The normalized spacial score (nSPS) is 11.3. The smallest absolute Gasteiger partial charge is 0.183 e. The third-order valence-electron chi connectivity index (χ3n) is 3.44. The van der Waals surface area contributed by atoms with E-state index in [0.29, 0.717) is 0 Å². The predicted octanol–water partition coefficient (Wildman–Crippen LogP) is 3.55. The van der Waals surface area contributed by atoms with Crippen molar-refractivity contribution in [2.45, 2.75) is 20.0 Å². The zero-order chi connectivity index (χ0) is 16.2. The van der Waals surface area contributed by atoms with Gasteiger partial charge < -0.3 is 10.2 Å². The molecule has 0 saturated heterocycles. The fraction of sp³-hybridized carbons (Fsp3) is 0.375. The summed E-state index contributed by atoms with van der Waals surface area (Å²) in [5.74, 6) is 0. The molecule has 5 nitrogen and oxygen atoms in total. The number of rotatable bonds is 7. The summed E-state index contributed by atoms with van der Waals surface area (Å²) in [6, 6.07) is 6.27. The van der Waals surface area contributed by atoms with Gasteiger partial charge in [-0.2, -0.15) is 5.10 Å². The fourth-order valence-electron chi connectivity index (χ4n) is 2.20. The summed E-state index contributed by atoms with van der Waals surface area (Å²) in [5, 5.41) is 11.1. The lowest BCUT2D eigenvalue weighted by molar-refractivity contribution is 0.373. The van der Waals surface area contributed by atoms with Crippen molar-refractivity contribution in [1.29, 1.82) is 0 Å². The molecule has 0 atom stereocenters. The Morgan fingerprint density at radius 3 is 2.91 bits per heavy atom. The number of nitrogens with one attached hydrogen (secondary N) is 1. The van der Waals surface area contributed by atoms with E-state index in [9.17, 15) is 0 Å². The molecule has 3 aromatic rings. The van der Waals surface area contributed by atoms with E-state index in [1.807, 2.05) is 17.8 Å². The van der Waals surface area contributed by atoms with Gasteiger partial charge in [0.25, 0.3) is 0 Å². The van der Waals surface area contributed by atoms with E-state index in [1.54, 1.807) is 22.7 Å². The largest absolute Gasteiger partial charge is 0.357 e. The molecule has 0 aliphatic carbocycles. The van der Waals surface area contributed by atoms with Crippen LogP contribution in [0.1, 0.15) is 10.6 Å². The summed E-state index contributed by atoms with van der Waals surface area (Å²) in [5.41, 5.74) is 2.03. The second-order valence-corrected chi connectivity index (χ2v) is 7.67. The molecule has 3 heterocycles. The van der Waals surface area contributed by atoms with E-state index >= 15 is 0 Å². The Labute approximate surface area is 144 Å². The van der Waals surface area contributed by atoms with E-state index in [2.05, 4.69) is 58.0 Å². The molecule has 0 spiro atoms. The van der Waals surface area contributed by atoms with E-state index in [0.717, 1.165) is 41.0 Å². The van der Waals surface area contributed by atoms with Crippen LogP contribution in [0.15, 0.2) is 29.8 Å². The lowest BCUT2D eigenvalue weighted by atomic mass is 10.3. The highest BCUT2D eigenvalue weighted by atomic mass is 32.1. The summed E-state index contributed by atoms with van der Waals surface area (Å²) < 4.78 is 1.99. The molecule has 0 fully saturated rings. The predicted molar refractivity (Wildman–Crippen MR) is 98.3 cm³/mol. The molecule has 3 rings (SSSR count). The van der Waals surface area contributed by atoms with Crippen LogP contribution >= 0.6 is 22.7 Å². The molecule has 3 aromatic heterocycles. The maximum absolute atomic E-state index is 4.67. The first kappa shape index (κ1) is 16.2. The fourth-order valence-corrected chi connectivity index (χ4v) is 3.77. The Morgan fingerprint density at radius 1 is 1.30 bits per heavy atom. The number of aromatic nitrogens is 3. The SMILES string of the molecule is Cc1nc(NCc2cccs2)sc1-c1ccn(CCN(C)C)n1. The maximum atomic E-state index is 4.67. The zero-order valence-corrected chi connectivity index (χ0v) is 15.2. The van der Waals surface area contributed by atoms with Crippen molar-refractivity contribution < 1.29 is 0 Å². The molecular weight excluding hydrogens is 326 g/mol. The first-order chi connectivity index (χ1) is 11.1. The quantitative estimate of drug-likeness (QED) is 0.710. The molecular formula is C16H21N5S2. The van der Waals surface area contributed by atoms with Crippen molar-refractivity contribution >= 4 is 27.8 Å². The standard InChI is InChI=1S/C16H21N5S2/c1-12-15(14-6-7-21(19-14)9-8-20(2)3)23-16(18-12)17-11-13-5-4-10-22-13/h4-7,10H,8-9,11H2,1-3H3,(H,17,18). The Hall–Kier alpha value is -1.70. The third kappa shape index (κ3) is 4.19. The lowest BCUT2D eigenvalue weighted by Gasteiger charge is -2.08. The molecule has 0 radical (unpaired) electrons. The minimum atomic E-state index is 0.821. The molecule has 0 aliphatic heterocycles. The highest BCUT2D eigenvalue weighted by molar-refractivity contribution is 7.19. The molecule has 0 aromatic carbocycles. The average molecular weight is 348 g/mol. The van der Waals surface area contributed by atoms with Crippen molar-refractivity contribution in [3.63, 3.8) is 0 Å². The molecule has 1 N–H and O–H groups in total. The number of thiophene rings is 1. The van der Waals surface area contributed by atoms with Crippen LogP contribution in [0.25, 0.3) is 10.6 Å². The highest BCUT2D eigenvalue weighted by Gasteiger charge is 2.12. The number of nitrogens with zero attached hydrogens (tertiary/aromatic N) is 4. The van der Waals surface area contributed by atoms with Gasteiger partial charge in [-0.1, -0.05) is 17.4 Å². The molecule has 122 valence electrons. The molecule has 7 heteroatoms. The topological polar surface area (TPSA) is 46.0 Å². The molecule has 23 heavy (non-hydrogen) atoms. The van der Waals surface area contributed by atoms with Gasteiger partial charge in [0.1, 0.15) is 5.69 Å². The number of aryl methyl sites for hydroxylation is 1. The van der Waals surface area contributed by atoms with E-state index < -0.39 is 0 Å². The minimum Gasteiger partial charge on any atom is -0.357 e. The third-order valence-corrected chi connectivity index (χ3v) is 5.45. The second kappa shape index (κ2) is 7.25. The summed E-state index contributed by atoms with van der Waals surface area (Å²) in [6.07, 6.45) is 2.04. The average Bonchev–Trinajstić information content (AvgIpc) is 3.24. The van der Waals surface area contributed by atoms with E-state index in [-0.39, 0.29) is 0 Å². The van der Waals surface area contributed by atoms with Crippen LogP contribution in [0.5, 0.6) is 0 Å². The Kier molecular flexibility index (Phi) is 5.09. The number of hydrogen-bond donors (Lipinski definition) is 1. The molecule has 0 aliphatic rings. The van der Waals surface area contributed by atoms with Crippen molar-refractivity contribution in [1.82, 2.24) is 19.7 Å². The van der Waals surface area contributed by atoms with Gasteiger partial charge in [-0.15, -0.1) is 11.3 Å². The minimum absolute atomic E-state index is 0.821. The van der Waals surface area contributed by atoms with E-state index in [1.165, 1.54) is 4.88 Å². The van der Waals surface area contributed by atoms with Crippen molar-refractivity contribution in [2.24, 2.45) is 0 Å². The van der Waals surface area contributed by atoms with Gasteiger partial charge in [0.05, 0.1) is 23.7 Å². The van der Waals surface area contributed by atoms with Gasteiger partial charge in [-0.3, -0.25) is 4.68 Å². The lowest BCUT2D eigenvalue weighted by Crippen LogP contribution is -2.18. The van der Waals surface area contributed by atoms with Gasteiger partial charge in [-0.25, -0.2) is 4.98 Å². The molecule has 0 bridgehead atoms. The summed E-state index contributed by atoms with van der Waals surface area (Å²) in [7, 11) is 4.15. The van der Waals surface area contributed by atoms with Crippen LogP contribution in [0, 0.1) is 6.92 Å². The summed E-state index contributed by atoms with van der Waals surface area (Å²) in [4.78, 5) is 9.24. The monoisotopic (exact) mass is 347 g/mol.